The Morgan fingerprint density at radius 2 is 2.03 bits per heavy atom. The molecule has 162 valence electrons. The molecule has 1 fully saturated rings. The average molecular weight is 422 g/mol. The molecular formula is C23H27N5O3. The van der Waals surface area contributed by atoms with Crippen molar-refractivity contribution in [2.75, 3.05) is 19.7 Å². The number of hydrogen-bond donors (Lipinski definition) is 1. The van der Waals surface area contributed by atoms with Crippen LogP contribution in [0.2, 0.25) is 0 Å². The first-order valence-electron chi connectivity index (χ1n) is 10.6. The molecule has 0 atom stereocenters. The van der Waals surface area contributed by atoms with Gasteiger partial charge in [-0.15, -0.1) is 0 Å². The lowest BCUT2D eigenvalue weighted by molar-refractivity contribution is -0.144. The second-order valence-electron chi connectivity index (χ2n) is 7.99. The van der Waals surface area contributed by atoms with Crippen LogP contribution < -0.4 is 10.7 Å². The molecule has 1 saturated heterocycles. The van der Waals surface area contributed by atoms with Gasteiger partial charge in [-0.2, -0.15) is 10.2 Å². The SMILES string of the molecule is Cn1cc(-n2ccc(=O)c(Cc3cccc(CC(=O)OCC4CCNCC4)c3)n2)cn1. The first-order valence-corrected chi connectivity index (χ1v) is 10.6. The highest BCUT2D eigenvalue weighted by Crippen LogP contribution is 2.14. The van der Waals surface area contributed by atoms with Gasteiger partial charge in [0.1, 0.15) is 11.4 Å². The first-order chi connectivity index (χ1) is 15.1. The van der Waals surface area contributed by atoms with Gasteiger partial charge in [0.25, 0.3) is 0 Å². The highest BCUT2D eigenvalue weighted by atomic mass is 16.5. The number of hydrogen-bond acceptors (Lipinski definition) is 6. The number of aryl methyl sites for hydroxylation is 1. The van der Waals surface area contributed by atoms with E-state index >= 15 is 0 Å². The number of carbonyl (C=O) groups is 1. The summed E-state index contributed by atoms with van der Waals surface area (Å²) < 4.78 is 8.82. The van der Waals surface area contributed by atoms with E-state index in [2.05, 4.69) is 15.5 Å². The van der Waals surface area contributed by atoms with Crippen molar-refractivity contribution in [3.63, 3.8) is 0 Å². The molecular weight excluding hydrogens is 394 g/mol. The molecule has 1 N–H and O–H groups in total. The van der Waals surface area contributed by atoms with Crippen LogP contribution in [0.3, 0.4) is 0 Å². The molecule has 1 aromatic carbocycles. The van der Waals surface area contributed by atoms with Crippen LogP contribution in [-0.2, 0) is 29.4 Å². The predicted octanol–water partition coefficient (Wildman–Crippen LogP) is 1.64. The maximum atomic E-state index is 12.3. The second-order valence-corrected chi connectivity index (χ2v) is 7.99. The molecule has 0 bridgehead atoms. The number of aromatic nitrogens is 4. The zero-order valence-electron chi connectivity index (χ0n) is 17.7. The van der Waals surface area contributed by atoms with Crippen molar-refractivity contribution in [2.24, 2.45) is 13.0 Å². The van der Waals surface area contributed by atoms with Gasteiger partial charge in [0.05, 0.1) is 25.4 Å². The van der Waals surface area contributed by atoms with E-state index in [4.69, 9.17) is 4.74 Å². The molecule has 1 aliphatic heterocycles. The van der Waals surface area contributed by atoms with Crippen LogP contribution in [0.15, 0.2) is 53.7 Å². The molecule has 0 amide bonds. The van der Waals surface area contributed by atoms with Crippen LogP contribution in [0.1, 0.15) is 29.7 Å². The van der Waals surface area contributed by atoms with E-state index < -0.39 is 0 Å². The summed E-state index contributed by atoms with van der Waals surface area (Å²) >= 11 is 0. The van der Waals surface area contributed by atoms with Gasteiger partial charge >= 0.3 is 5.97 Å². The van der Waals surface area contributed by atoms with Crippen molar-refractivity contribution in [1.82, 2.24) is 24.9 Å². The molecule has 8 heteroatoms. The Kier molecular flexibility index (Phi) is 6.57. The average Bonchev–Trinajstić information content (AvgIpc) is 3.21. The molecule has 0 spiro atoms. The number of ether oxygens (including phenoxy) is 1. The lowest BCUT2D eigenvalue weighted by Crippen LogP contribution is -2.30. The standard InChI is InChI=1S/C23H27N5O3/c1-27-15-20(14-25-27)28-10-7-22(29)21(26-28)12-18-3-2-4-19(11-18)13-23(30)31-16-17-5-8-24-9-6-17/h2-4,7,10-11,14-15,17,24H,5-6,8-9,12-13,16H2,1H3. The molecule has 3 heterocycles. The number of rotatable bonds is 7. The number of benzene rings is 1. The molecule has 0 radical (unpaired) electrons. The fourth-order valence-corrected chi connectivity index (χ4v) is 3.76. The minimum atomic E-state index is -0.215. The monoisotopic (exact) mass is 421 g/mol. The van der Waals surface area contributed by atoms with Gasteiger partial charge in [-0.1, -0.05) is 24.3 Å². The largest absolute Gasteiger partial charge is 0.465 e. The first kappa shape index (κ1) is 21.0. The van der Waals surface area contributed by atoms with E-state index in [-0.39, 0.29) is 17.8 Å². The van der Waals surface area contributed by atoms with Crippen LogP contribution in [-0.4, -0.2) is 45.2 Å². The molecule has 31 heavy (non-hydrogen) atoms. The summed E-state index contributed by atoms with van der Waals surface area (Å²) in [5.74, 6) is 0.232. The molecule has 0 unspecified atom stereocenters. The molecule has 0 saturated carbocycles. The van der Waals surface area contributed by atoms with E-state index in [1.54, 1.807) is 21.8 Å². The minimum Gasteiger partial charge on any atom is -0.465 e. The molecule has 4 rings (SSSR count). The molecule has 3 aromatic rings. The molecule has 0 aliphatic carbocycles. The third-order valence-electron chi connectivity index (χ3n) is 5.49. The van der Waals surface area contributed by atoms with Gasteiger partial charge in [-0.05, 0) is 43.0 Å². The Morgan fingerprint density at radius 3 is 2.81 bits per heavy atom. The van der Waals surface area contributed by atoms with Gasteiger partial charge in [0.2, 0.25) is 5.43 Å². The van der Waals surface area contributed by atoms with E-state index in [1.165, 1.54) is 6.07 Å². The summed E-state index contributed by atoms with van der Waals surface area (Å²) in [6.07, 6.45) is 7.86. The van der Waals surface area contributed by atoms with Crippen LogP contribution in [0.25, 0.3) is 5.69 Å². The number of piperidine rings is 1. The molecule has 8 nitrogen and oxygen atoms in total. The van der Waals surface area contributed by atoms with Gasteiger partial charge in [0.15, 0.2) is 0 Å². The summed E-state index contributed by atoms with van der Waals surface area (Å²) in [7, 11) is 1.83. The topological polar surface area (TPSA) is 91.0 Å². The lowest BCUT2D eigenvalue weighted by atomic mass is 9.99. The van der Waals surface area contributed by atoms with Crippen LogP contribution >= 0.6 is 0 Å². The van der Waals surface area contributed by atoms with Crippen molar-refractivity contribution < 1.29 is 9.53 Å². The number of esters is 1. The van der Waals surface area contributed by atoms with Crippen molar-refractivity contribution in [2.45, 2.75) is 25.7 Å². The highest BCUT2D eigenvalue weighted by Gasteiger charge is 2.15. The third-order valence-corrected chi connectivity index (χ3v) is 5.49. The Labute approximate surface area is 180 Å². The van der Waals surface area contributed by atoms with Crippen LogP contribution in [0.5, 0.6) is 0 Å². The fourth-order valence-electron chi connectivity index (χ4n) is 3.76. The third kappa shape index (κ3) is 5.67. The van der Waals surface area contributed by atoms with Crippen molar-refractivity contribution in [3.05, 3.63) is 76.0 Å². The van der Waals surface area contributed by atoms with Crippen molar-refractivity contribution >= 4 is 5.97 Å². The normalized spacial score (nSPS) is 14.5. The van der Waals surface area contributed by atoms with E-state index in [0.29, 0.717) is 24.6 Å². The predicted molar refractivity (Wildman–Crippen MR) is 116 cm³/mol. The zero-order valence-corrected chi connectivity index (χ0v) is 17.7. The Balaban J connectivity index is 1.40. The van der Waals surface area contributed by atoms with Gasteiger partial charge in [-0.3, -0.25) is 14.3 Å². The Hall–Kier alpha value is -3.26. The summed E-state index contributed by atoms with van der Waals surface area (Å²) in [6, 6.07) is 9.19. The van der Waals surface area contributed by atoms with E-state index in [0.717, 1.165) is 42.7 Å². The fraction of sp³-hybridized carbons (Fsp3) is 0.391. The maximum Gasteiger partial charge on any atom is 0.310 e. The summed E-state index contributed by atoms with van der Waals surface area (Å²) in [5.41, 5.74) is 2.91. The Bertz CT molecular complexity index is 1100. The number of nitrogens with zero attached hydrogens (tertiary/aromatic N) is 4. The van der Waals surface area contributed by atoms with Gasteiger partial charge in [-0.25, -0.2) is 4.68 Å². The Morgan fingerprint density at radius 1 is 1.23 bits per heavy atom. The number of carbonyl (C=O) groups excluding carboxylic acids is 1. The van der Waals surface area contributed by atoms with Gasteiger partial charge in [0, 0.05) is 25.7 Å². The van der Waals surface area contributed by atoms with Crippen molar-refractivity contribution in [1.29, 1.82) is 0 Å². The second kappa shape index (κ2) is 9.70. The van der Waals surface area contributed by atoms with Gasteiger partial charge < -0.3 is 10.1 Å². The van der Waals surface area contributed by atoms with E-state index in [1.807, 2.05) is 37.5 Å². The van der Waals surface area contributed by atoms with Crippen LogP contribution in [0.4, 0.5) is 0 Å². The molecule has 1 aliphatic rings. The van der Waals surface area contributed by atoms with Crippen LogP contribution in [0, 0.1) is 5.92 Å². The summed E-state index contributed by atoms with van der Waals surface area (Å²) in [6.45, 7) is 2.46. The smallest absolute Gasteiger partial charge is 0.310 e. The molecule has 2 aromatic heterocycles. The van der Waals surface area contributed by atoms with E-state index in [9.17, 15) is 9.59 Å². The number of nitrogens with one attached hydrogen (secondary N) is 1. The lowest BCUT2D eigenvalue weighted by Gasteiger charge is -2.22. The summed E-state index contributed by atoms with van der Waals surface area (Å²) in [5, 5.41) is 11.9. The zero-order chi connectivity index (χ0) is 21.6. The van der Waals surface area contributed by atoms with Crippen molar-refractivity contribution in [3.8, 4) is 5.69 Å². The minimum absolute atomic E-state index is 0.119. The highest BCUT2D eigenvalue weighted by molar-refractivity contribution is 5.72. The quantitative estimate of drug-likeness (QED) is 0.584. The maximum absolute atomic E-state index is 12.3. The summed E-state index contributed by atoms with van der Waals surface area (Å²) in [4.78, 5) is 24.6.